The molecule has 0 saturated heterocycles. The maximum atomic E-state index is 5.06. The summed E-state index contributed by atoms with van der Waals surface area (Å²) in [7, 11) is 3.54. The zero-order valence-electron chi connectivity index (χ0n) is 9.06. The number of aromatic nitrogens is 3. The monoisotopic (exact) mass is 203 g/mol. The van der Waals surface area contributed by atoms with Crippen molar-refractivity contribution in [2.24, 2.45) is 7.05 Å². The lowest BCUT2D eigenvalue weighted by molar-refractivity contribution is 0.413. The van der Waals surface area contributed by atoms with E-state index in [1.54, 1.807) is 13.3 Å². The third-order valence-corrected chi connectivity index (χ3v) is 2.24. The van der Waals surface area contributed by atoms with Gasteiger partial charge in [-0.1, -0.05) is 0 Å². The maximum absolute atomic E-state index is 5.06. The minimum Gasteiger partial charge on any atom is -0.495 e. The molecule has 0 amide bonds. The van der Waals surface area contributed by atoms with Gasteiger partial charge in [-0.15, -0.1) is 0 Å². The van der Waals surface area contributed by atoms with Crippen LogP contribution in [0.5, 0.6) is 5.75 Å². The first-order valence-electron chi connectivity index (χ1n) is 4.72. The maximum Gasteiger partial charge on any atom is 0.137 e. The molecular weight excluding hydrogens is 190 g/mol. The van der Waals surface area contributed by atoms with Gasteiger partial charge < -0.3 is 4.74 Å². The summed E-state index contributed by atoms with van der Waals surface area (Å²) in [5.74, 6) is 0.762. The lowest BCUT2D eigenvalue weighted by atomic mass is 10.2. The second kappa shape index (κ2) is 3.73. The van der Waals surface area contributed by atoms with Crippen molar-refractivity contribution in [1.29, 1.82) is 0 Å². The molecule has 0 atom stereocenters. The molecule has 0 radical (unpaired) electrons. The van der Waals surface area contributed by atoms with Crippen LogP contribution in [0.3, 0.4) is 0 Å². The van der Waals surface area contributed by atoms with Crippen molar-refractivity contribution in [3.05, 3.63) is 30.1 Å². The number of pyridine rings is 1. The van der Waals surface area contributed by atoms with E-state index in [2.05, 4.69) is 10.1 Å². The highest BCUT2D eigenvalue weighted by molar-refractivity contribution is 5.55. The number of nitrogens with zero attached hydrogens (tertiary/aromatic N) is 3. The highest BCUT2D eigenvalue weighted by Crippen LogP contribution is 2.19. The Hall–Kier alpha value is -1.84. The Morgan fingerprint density at radius 3 is 2.60 bits per heavy atom. The average Bonchev–Trinajstić information content (AvgIpc) is 2.58. The molecular formula is C11H13N3O. The van der Waals surface area contributed by atoms with Crippen molar-refractivity contribution >= 4 is 0 Å². The van der Waals surface area contributed by atoms with Gasteiger partial charge in [0.1, 0.15) is 5.75 Å². The van der Waals surface area contributed by atoms with E-state index in [1.807, 2.05) is 36.9 Å². The molecule has 0 aromatic carbocycles. The minimum atomic E-state index is 0.762. The van der Waals surface area contributed by atoms with E-state index in [-0.39, 0.29) is 0 Å². The fraction of sp³-hybridized carbons (Fsp3) is 0.273. The zero-order chi connectivity index (χ0) is 10.8. The molecule has 0 aliphatic heterocycles. The van der Waals surface area contributed by atoms with Gasteiger partial charge in [0.05, 0.1) is 30.4 Å². The van der Waals surface area contributed by atoms with E-state index in [0.29, 0.717) is 0 Å². The second-order valence-corrected chi connectivity index (χ2v) is 3.38. The molecule has 0 N–H and O–H groups in total. The topological polar surface area (TPSA) is 39.9 Å². The molecule has 78 valence electrons. The van der Waals surface area contributed by atoms with Crippen molar-refractivity contribution in [3.63, 3.8) is 0 Å². The first-order valence-corrected chi connectivity index (χ1v) is 4.72. The average molecular weight is 203 g/mol. The van der Waals surface area contributed by atoms with Crippen LogP contribution < -0.4 is 4.74 Å². The molecule has 0 unspecified atom stereocenters. The second-order valence-electron chi connectivity index (χ2n) is 3.38. The predicted molar refractivity (Wildman–Crippen MR) is 57.7 cm³/mol. The van der Waals surface area contributed by atoms with Gasteiger partial charge >= 0.3 is 0 Å². The van der Waals surface area contributed by atoms with E-state index >= 15 is 0 Å². The summed E-state index contributed by atoms with van der Waals surface area (Å²) in [6, 6.07) is 5.83. The van der Waals surface area contributed by atoms with E-state index in [4.69, 9.17) is 4.74 Å². The van der Waals surface area contributed by atoms with Crippen molar-refractivity contribution in [2.75, 3.05) is 7.11 Å². The van der Waals surface area contributed by atoms with Crippen LogP contribution in [0.25, 0.3) is 11.4 Å². The molecule has 2 aromatic rings. The first kappa shape index (κ1) is 9.71. The summed E-state index contributed by atoms with van der Waals surface area (Å²) in [5.41, 5.74) is 2.90. The van der Waals surface area contributed by atoms with Gasteiger partial charge in [-0.2, -0.15) is 5.10 Å². The van der Waals surface area contributed by atoms with Gasteiger partial charge in [0, 0.05) is 7.05 Å². The molecule has 2 rings (SSSR count). The molecule has 0 bridgehead atoms. The molecule has 4 nitrogen and oxygen atoms in total. The molecule has 0 saturated carbocycles. The summed E-state index contributed by atoms with van der Waals surface area (Å²) in [5, 5.41) is 4.28. The summed E-state index contributed by atoms with van der Waals surface area (Å²) in [6.07, 6.45) is 1.71. The van der Waals surface area contributed by atoms with Gasteiger partial charge in [-0.25, -0.2) is 0 Å². The fourth-order valence-electron chi connectivity index (χ4n) is 1.50. The van der Waals surface area contributed by atoms with Gasteiger partial charge in [-0.05, 0) is 25.1 Å². The molecule has 2 aromatic heterocycles. The Morgan fingerprint density at radius 1 is 1.33 bits per heavy atom. The first-order chi connectivity index (χ1) is 7.20. The normalized spacial score (nSPS) is 10.3. The highest BCUT2D eigenvalue weighted by Gasteiger charge is 2.05. The van der Waals surface area contributed by atoms with Gasteiger partial charge in [0.15, 0.2) is 0 Å². The molecule has 15 heavy (non-hydrogen) atoms. The zero-order valence-corrected chi connectivity index (χ0v) is 9.06. The van der Waals surface area contributed by atoms with E-state index in [1.165, 1.54) is 0 Å². The summed E-state index contributed by atoms with van der Waals surface area (Å²) >= 11 is 0. The molecule has 0 aliphatic rings. The third kappa shape index (κ3) is 1.83. The Morgan fingerprint density at radius 2 is 2.13 bits per heavy atom. The number of hydrogen-bond acceptors (Lipinski definition) is 3. The third-order valence-electron chi connectivity index (χ3n) is 2.24. The summed E-state index contributed by atoms with van der Waals surface area (Å²) < 4.78 is 6.88. The number of aryl methyl sites for hydroxylation is 2. The number of hydrogen-bond donors (Lipinski definition) is 0. The number of ether oxygens (including phenoxy) is 1. The Kier molecular flexibility index (Phi) is 2.41. The van der Waals surface area contributed by atoms with Crippen LogP contribution in [0.1, 0.15) is 5.69 Å². The van der Waals surface area contributed by atoms with E-state index in [9.17, 15) is 0 Å². The Bertz CT molecular complexity index is 459. The number of methoxy groups -OCH3 is 1. The van der Waals surface area contributed by atoms with Crippen LogP contribution in [0.2, 0.25) is 0 Å². The lowest BCUT2D eigenvalue weighted by Crippen LogP contribution is -1.95. The van der Waals surface area contributed by atoms with Crippen molar-refractivity contribution in [1.82, 2.24) is 14.8 Å². The predicted octanol–water partition coefficient (Wildman–Crippen LogP) is 1.80. The largest absolute Gasteiger partial charge is 0.495 e. The van der Waals surface area contributed by atoms with Gasteiger partial charge in [-0.3, -0.25) is 9.67 Å². The Balaban J connectivity index is 2.41. The van der Waals surface area contributed by atoms with Crippen LogP contribution in [0, 0.1) is 6.92 Å². The van der Waals surface area contributed by atoms with Crippen LogP contribution in [0.15, 0.2) is 24.4 Å². The summed E-state index contributed by atoms with van der Waals surface area (Å²) in [6.45, 7) is 1.97. The molecule has 0 aliphatic carbocycles. The van der Waals surface area contributed by atoms with Crippen molar-refractivity contribution < 1.29 is 4.74 Å². The summed E-state index contributed by atoms with van der Waals surface area (Å²) in [4.78, 5) is 4.31. The molecule has 4 heteroatoms. The Labute approximate surface area is 88.5 Å². The van der Waals surface area contributed by atoms with Crippen LogP contribution >= 0.6 is 0 Å². The van der Waals surface area contributed by atoms with Crippen LogP contribution in [0.4, 0.5) is 0 Å². The van der Waals surface area contributed by atoms with E-state index in [0.717, 1.165) is 22.8 Å². The standard InChI is InChI=1S/C11H13N3O/c1-8-6-11(14(2)13-8)10-5-4-9(15-3)7-12-10/h4-7H,1-3H3. The number of rotatable bonds is 2. The molecule has 0 fully saturated rings. The smallest absolute Gasteiger partial charge is 0.137 e. The highest BCUT2D eigenvalue weighted by atomic mass is 16.5. The lowest BCUT2D eigenvalue weighted by Gasteiger charge is -2.02. The van der Waals surface area contributed by atoms with Crippen molar-refractivity contribution in [2.45, 2.75) is 6.92 Å². The quantitative estimate of drug-likeness (QED) is 0.747. The molecule has 0 spiro atoms. The fourth-order valence-corrected chi connectivity index (χ4v) is 1.50. The van der Waals surface area contributed by atoms with Crippen LogP contribution in [-0.4, -0.2) is 21.9 Å². The van der Waals surface area contributed by atoms with Crippen LogP contribution in [-0.2, 0) is 7.05 Å². The SMILES string of the molecule is COc1ccc(-c2cc(C)nn2C)nc1. The molecule has 2 heterocycles. The van der Waals surface area contributed by atoms with E-state index < -0.39 is 0 Å². The van der Waals surface area contributed by atoms with Gasteiger partial charge in [0.25, 0.3) is 0 Å². The van der Waals surface area contributed by atoms with Crippen molar-refractivity contribution in [3.8, 4) is 17.1 Å². The minimum absolute atomic E-state index is 0.762. The van der Waals surface area contributed by atoms with Gasteiger partial charge in [0.2, 0.25) is 0 Å².